The Labute approximate surface area is 143 Å². The van der Waals surface area contributed by atoms with E-state index in [1.54, 1.807) is 0 Å². The van der Waals surface area contributed by atoms with Gasteiger partial charge in [0, 0.05) is 25.0 Å². The average Bonchev–Trinajstić information content (AvgIpc) is 3.17. The summed E-state index contributed by atoms with van der Waals surface area (Å²) in [6.45, 7) is 4.78. The zero-order chi connectivity index (χ0) is 16.5. The lowest BCUT2D eigenvalue weighted by Gasteiger charge is -2.32. The van der Waals surface area contributed by atoms with E-state index >= 15 is 0 Å². The van der Waals surface area contributed by atoms with Crippen molar-refractivity contribution < 1.29 is 4.79 Å². The van der Waals surface area contributed by atoms with Gasteiger partial charge in [0.1, 0.15) is 12.4 Å². The second-order valence-corrected chi connectivity index (χ2v) is 7.02. The van der Waals surface area contributed by atoms with E-state index < -0.39 is 0 Å². The number of nitrogens with one attached hydrogen (secondary N) is 1. The van der Waals surface area contributed by atoms with E-state index in [2.05, 4.69) is 26.7 Å². The molecule has 0 unspecified atom stereocenters. The van der Waals surface area contributed by atoms with Gasteiger partial charge in [0.2, 0.25) is 5.91 Å². The van der Waals surface area contributed by atoms with E-state index in [0.717, 1.165) is 36.2 Å². The number of fused-ring (bicyclic) bond motifs is 2. The van der Waals surface area contributed by atoms with Gasteiger partial charge in [-0.1, -0.05) is 25.5 Å². The van der Waals surface area contributed by atoms with Gasteiger partial charge in [-0.15, -0.1) is 0 Å². The monoisotopic (exact) mass is 326 g/mol. The smallest absolute Gasteiger partial charge is 0.240 e. The molecule has 1 aromatic heterocycles. The molecule has 1 aromatic carbocycles. The molecule has 5 heteroatoms. The van der Waals surface area contributed by atoms with Crippen molar-refractivity contribution in [1.82, 2.24) is 19.8 Å². The maximum atomic E-state index is 12.7. The van der Waals surface area contributed by atoms with E-state index in [1.807, 2.05) is 24.3 Å². The normalized spacial score (nSPS) is 24.2. The Morgan fingerprint density at radius 2 is 2.12 bits per heavy atom. The zero-order valence-electron chi connectivity index (χ0n) is 14.4. The minimum atomic E-state index is 0.116. The van der Waals surface area contributed by atoms with Gasteiger partial charge in [-0.05, 0) is 37.9 Å². The zero-order valence-corrected chi connectivity index (χ0v) is 14.4. The minimum absolute atomic E-state index is 0.116. The number of carbonyl (C=O) groups is 1. The molecule has 0 saturated carbocycles. The summed E-state index contributed by atoms with van der Waals surface area (Å²) >= 11 is 0. The fraction of sp³-hybridized carbons (Fsp3) is 0.579. The number of hydrogen-bond acceptors (Lipinski definition) is 3. The quantitative estimate of drug-likeness (QED) is 0.938. The summed E-state index contributed by atoms with van der Waals surface area (Å²) in [4.78, 5) is 19.9. The lowest BCUT2D eigenvalue weighted by atomic mass is 9.99. The van der Waals surface area contributed by atoms with Crippen LogP contribution in [0.2, 0.25) is 0 Å². The summed E-state index contributed by atoms with van der Waals surface area (Å²) in [6.07, 6.45) is 5.74. The highest BCUT2D eigenvalue weighted by molar-refractivity contribution is 5.81. The van der Waals surface area contributed by atoms with Crippen molar-refractivity contribution in [2.45, 2.75) is 57.7 Å². The van der Waals surface area contributed by atoms with Crippen LogP contribution in [0.15, 0.2) is 24.3 Å². The summed E-state index contributed by atoms with van der Waals surface area (Å²) in [5.41, 5.74) is 2.02. The molecular formula is C19H26N4O. The van der Waals surface area contributed by atoms with Crippen LogP contribution in [0.25, 0.3) is 11.0 Å². The third-order valence-electron chi connectivity index (χ3n) is 5.55. The van der Waals surface area contributed by atoms with E-state index in [9.17, 15) is 4.79 Å². The van der Waals surface area contributed by atoms with Crippen LogP contribution in [0.3, 0.4) is 0 Å². The predicted molar refractivity (Wildman–Crippen MR) is 94.9 cm³/mol. The van der Waals surface area contributed by atoms with Crippen molar-refractivity contribution in [2.75, 3.05) is 13.1 Å². The summed E-state index contributed by atoms with van der Waals surface area (Å²) in [5, 5.41) is 3.30. The first-order chi connectivity index (χ1) is 11.8. The van der Waals surface area contributed by atoms with Gasteiger partial charge < -0.3 is 9.88 Å². The van der Waals surface area contributed by atoms with Crippen molar-refractivity contribution in [3.05, 3.63) is 30.1 Å². The third-order valence-corrected chi connectivity index (χ3v) is 5.55. The van der Waals surface area contributed by atoms with E-state index in [-0.39, 0.29) is 5.91 Å². The molecule has 4 rings (SSSR count). The summed E-state index contributed by atoms with van der Waals surface area (Å²) in [5.74, 6) is 1.10. The third kappa shape index (κ3) is 2.81. The molecule has 5 nitrogen and oxygen atoms in total. The van der Waals surface area contributed by atoms with Crippen LogP contribution in [0, 0.1) is 0 Å². The molecule has 3 heterocycles. The van der Waals surface area contributed by atoms with Crippen molar-refractivity contribution >= 4 is 16.9 Å². The molecule has 2 aliphatic heterocycles. The van der Waals surface area contributed by atoms with E-state index in [0.29, 0.717) is 18.6 Å². The van der Waals surface area contributed by atoms with Gasteiger partial charge in [0.05, 0.1) is 11.0 Å². The largest absolute Gasteiger partial charge is 0.350 e. The molecule has 2 fully saturated rings. The molecule has 2 atom stereocenters. The fourth-order valence-corrected chi connectivity index (χ4v) is 4.38. The number of aryl methyl sites for hydroxylation is 1. The van der Waals surface area contributed by atoms with Crippen LogP contribution in [0.1, 0.15) is 38.4 Å². The van der Waals surface area contributed by atoms with Gasteiger partial charge in [-0.3, -0.25) is 9.69 Å². The van der Waals surface area contributed by atoms with E-state index in [1.165, 1.54) is 25.8 Å². The number of carbonyl (C=O) groups excluding carboxylic acids is 1. The Kier molecular flexibility index (Phi) is 4.27. The number of nitrogens with zero attached hydrogens (tertiary/aromatic N) is 3. The first-order valence-electron chi connectivity index (χ1n) is 9.24. The number of piperidine rings is 1. The maximum Gasteiger partial charge on any atom is 0.240 e. The summed E-state index contributed by atoms with van der Waals surface area (Å²) in [7, 11) is 0. The number of para-hydroxylation sites is 2. The molecule has 1 amide bonds. The molecule has 24 heavy (non-hydrogen) atoms. The molecule has 2 saturated heterocycles. The molecule has 1 N–H and O–H groups in total. The second kappa shape index (κ2) is 6.55. The maximum absolute atomic E-state index is 12.7. The van der Waals surface area contributed by atoms with Crippen molar-refractivity contribution in [3.63, 3.8) is 0 Å². The van der Waals surface area contributed by atoms with Crippen molar-refractivity contribution in [2.24, 2.45) is 0 Å². The van der Waals surface area contributed by atoms with Gasteiger partial charge in [0.15, 0.2) is 0 Å². The molecule has 0 radical (unpaired) electrons. The van der Waals surface area contributed by atoms with Crippen LogP contribution in [0.5, 0.6) is 0 Å². The summed E-state index contributed by atoms with van der Waals surface area (Å²) < 4.78 is 2.07. The highest BCUT2D eigenvalue weighted by atomic mass is 16.2. The van der Waals surface area contributed by atoms with Gasteiger partial charge in [-0.25, -0.2) is 4.98 Å². The standard InChI is InChI=1S/C19H26N4O/c1-2-18-20-14-7-3-4-9-17(14)23(18)13-19(24)21-15-10-12-22-11-6-5-8-16(15)22/h3-4,7,9,15-16H,2,5-6,8,10-13H2,1H3,(H,21,24)/t15-,16+/m1/s1. The summed E-state index contributed by atoms with van der Waals surface area (Å²) in [6, 6.07) is 8.93. The highest BCUT2D eigenvalue weighted by Crippen LogP contribution is 2.27. The minimum Gasteiger partial charge on any atom is -0.350 e. The molecular weight excluding hydrogens is 300 g/mol. The number of imidazole rings is 1. The number of rotatable bonds is 4. The Morgan fingerprint density at radius 3 is 3.00 bits per heavy atom. The van der Waals surface area contributed by atoms with Crippen LogP contribution in [-0.4, -0.2) is 45.5 Å². The Morgan fingerprint density at radius 1 is 1.25 bits per heavy atom. The van der Waals surface area contributed by atoms with Gasteiger partial charge >= 0.3 is 0 Å². The van der Waals surface area contributed by atoms with Crippen molar-refractivity contribution in [3.8, 4) is 0 Å². The first-order valence-corrected chi connectivity index (χ1v) is 9.24. The predicted octanol–water partition coefficient (Wildman–Crippen LogP) is 2.34. The highest BCUT2D eigenvalue weighted by Gasteiger charge is 2.36. The second-order valence-electron chi connectivity index (χ2n) is 7.02. The van der Waals surface area contributed by atoms with E-state index in [4.69, 9.17) is 0 Å². The average molecular weight is 326 g/mol. The molecule has 0 spiro atoms. The SMILES string of the molecule is CCc1nc2ccccc2n1CC(=O)N[C@@H]1CCN2CCCC[C@@H]12. The molecule has 2 aliphatic rings. The number of hydrogen-bond donors (Lipinski definition) is 1. The van der Waals surface area contributed by atoms with Gasteiger partial charge in [0.25, 0.3) is 0 Å². The van der Waals surface area contributed by atoms with Crippen molar-refractivity contribution in [1.29, 1.82) is 0 Å². The molecule has 2 aromatic rings. The topological polar surface area (TPSA) is 50.2 Å². The van der Waals surface area contributed by atoms with Crippen LogP contribution < -0.4 is 5.32 Å². The van der Waals surface area contributed by atoms with Crippen LogP contribution >= 0.6 is 0 Å². The number of benzene rings is 1. The van der Waals surface area contributed by atoms with Gasteiger partial charge in [-0.2, -0.15) is 0 Å². The molecule has 0 aliphatic carbocycles. The van der Waals surface area contributed by atoms with Crippen LogP contribution in [0.4, 0.5) is 0 Å². The Bertz CT molecular complexity index is 738. The Hall–Kier alpha value is -1.88. The van der Waals surface area contributed by atoms with Crippen LogP contribution in [-0.2, 0) is 17.8 Å². The first kappa shape index (κ1) is 15.6. The lowest BCUT2D eigenvalue weighted by Crippen LogP contribution is -2.47. The number of aromatic nitrogens is 2. The molecule has 128 valence electrons. The number of amides is 1. The lowest BCUT2D eigenvalue weighted by molar-refractivity contribution is -0.122. The Balaban J connectivity index is 1.48. The molecule has 0 bridgehead atoms. The fourth-order valence-electron chi connectivity index (χ4n) is 4.38.